The number of aromatic nitrogens is 1. The minimum absolute atomic E-state index is 0.188. The van der Waals surface area contributed by atoms with E-state index in [0.717, 1.165) is 18.1 Å². The highest BCUT2D eigenvalue weighted by Crippen LogP contribution is 2.31. The summed E-state index contributed by atoms with van der Waals surface area (Å²) in [6.45, 7) is 1.35. The maximum absolute atomic E-state index is 12.6. The van der Waals surface area contributed by atoms with Crippen LogP contribution in [0.4, 0.5) is 22.0 Å². The molecule has 0 bridgehead atoms. The van der Waals surface area contributed by atoms with E-state index in [0.29, 0.717) is 18.0 Å². The SMILES string of the molecule is COc1ccccc1NC(=O)N1CCN(C)c2ncccc21. The van der Waals surface area contributed by atoms with Crippen LogP contribution in [0.3, 0.4) is 0 Å². The Labute approximate surface area is 129 Å². The van der Waals surface area contributed by atoms with Crippen molar-refractivity contribution in [1.29, 1.82) is 0 Å². The zero-order valence-corrected chi connectivity index (χ0v) is 12.6. The van der Waals surface area contributed by atoms with Gasteiger partial charge in [-0.25, -0.2) is 9.78 Å². The van der Waals surface area contributed by atoms with Crippen molar-refractivity contribution in [2.24, 2.45) is 0 Å². The number of hydrogen-bond acceptors (Lipinski definition) is 4. The molecule has 0 saturated heterocycles. The van der Waals surface area contributed by atoms with E-state index in [2.05, 4.69) is 10.3 Å². The van der Waals surface area contributed by atoms with Gasteiger partial charge in [0.25, 0.3) is 0 Å². The van der Waals surface area contributed by atoms with Gasteiger partial charge in [-0.1, -0.05) is 12.1 Å². The van der Waals surface area contributed by atoms with Gasteiger partial charge in [-0.15, -0.1) is 0 Å². The Kier molecular flexibility index (Phi) is 3.82. The summed E-state index contributed by atoms with van der Waals surface area (Å²) in [5.74, 6) is 1.44. The van der Waals surface area contributed by atoms with Crippen LogP contribution < -0.4 is 19.9 Å². The van der Waals surface area contributed by atoms with Gasteiger partial charge < -0.3 is 15.0 Å². The first kappa shape index (κ1) is 14.2. The van der Waals surface area contributed by atoms with E-state index in [1.54, 1.807) is 18.2 Å². The number of para-hydroxylation sites is 2. The lowest BCUT2D eigenvalue weighted by molar-refractivity contribution is 0.256. The minimum atomic E-state index is -0.188. The van der Waals surface area contributed by atoms with Crippen molar-refractivity contribution in [2.45, 2.75) is 0 Å². The average molecular weight is 298 g/mol. The van der Waals surface area contributed by atoms with E-state index < -0.39 is 0 Å². The van der Waals surface area contributed by atoms with Crippen LogP contribution >= 0.6 is 0 Å². The van der Waals surface area contributed by atoms with E-state index in [1.807, 2.05) is 48.3 Å². The van der Waals surface area contributed by atoms with E-state index >= 15 is 0 Å². The number of carbonyl (C=O) groups is 1. The molecular weight excluding hydrogens is 280 g/mol. The number of ether oxygens (including phenoxy) is 1. The number of hydrogen-bond donors (Lipinski definition) is 1. The molecule has 2 aromatic rings. The van der Waals surface area contributed by atoms with E-state index in [9.17, 15) is 4.79 Å². The second-order valence-corrected chi connectivity index (χ2v) is 5.05. The fourth-order valence-electron chi connectivity index (χ4n) is 2.51. The fraction of sp³-hybridized carbons (Fsp3) is 0.250. The molecule has 0 saturated carbocycles. The molecule has 6 nitrogen and oxygen atoms in total. The Morgan fingerprint density at radius 3 is 2.86 bits per heavy atom. The molecule has 1 aromatic carbocycles. The third-order valence-corrected chi connectivity index (χ3v) is 3.67. The smallest absolute Gasteiger partial charge is 0.326 e. The summed E-state index contributed by atoms with van der Waals surface area (Å²) in [6, 6.07) is 10.9. The number of likely N-dealkylation sites (N-methyl/N-ethyl adjacent to an activating group) is 1. The monoisotopic (exact) mass is 298 g/mol. The molecule has 1 aromatic heterocycles. The van der Waals surface area contributed by atoms with Crippen LogP contribution in [-0.4, -0.2) is 38.3 Å². The Hall–Kier alpha value is -2.76. The molecule has 22 heavy (non-hydrogen) atoms. The van der Waals surface area contributed by atoms with Crippen molar-refractivity contribution in [3.8, 4) is 5.75 Å². The summed E-state index contributed by atoms with van der Waals surface area (Å²) < 4.78 is 5.27. The van der Waals surface area contributed by atoms with E-state index in [-0.39, 0.29) is 6.03 Å². The number of nitrogens with one attached hydrogen (secondary N) is 1. The van der Waals surface area contributed by atoms with Crippen LogP contribution in [0.1, 0.15) is 0 Å². The lowest BCUT2D eigenvalue weighted by Gasteiger charge is -2.34. The predicted molar refractivity (Wildman–Crippen MR) is 86.9 cm³/mol. The van der Waals surface area contributed by atoms with Gasteiger partial charge in [0, 0.05) is 26.3 Å². The summed E-state index contributed by atoms with van der Waals surface area (Å²) in [7, 11) is 3.56. The fourth-order valence-corrected chi connectivity index (χ4v) is 2.51. The summed E-state index contributed by atoms with van der Waals surface area (Å²) in [5, 5.41) is 2.90. The minimum Gasteiger partial charge on any atom is -0.495 e. The van der Waals surface area contributed by atoms with Gasteiger partial charge >= 0.3 is 6.03 Å². The maximum Gasteiger partial charge on any atom is 0.326 e. The van der Waals surface area contributed by atoms with Gasteiger partial charge in [0.2, 0.25) is 0 Å². The summed E-state index contributed by atoms with van der Waals surface area (Å²) in [4.78, 5) is 20.7. The number of benzene rings is 1. The number of carbonyl (C=O) groups excluding carboxylic acids is 1. The highest BCUT2D eigenvalue weighted by atomic mass is 16.5. The first-order chi connectivity index (χ1) is 10.7. The van der Waals surface area contributed by atoms with Crippen molar-refractivity contribution in [2.75, 3.05) is 42.4 Å². The molecule has 0 aliphatic carbocycles. The summed E-state index contributed by atoms with van der Waals surface area (Å²) >= 11 is 0. The number of nitrogens with zero attached hydrogens (tertiary/aromatic N) is 3. The van der Waals surface area contributed by atoms with E-state index in [1.165, 1.54) is 0 Å². The molecule has 1 aliphatic rings. The molecular formula is C16H18N4O2. The molecule has 2 amide bonds. The molecule has 3 rings (SSSR count). The Balaban J connectivity index is 1.86. The Morgan fingerprint density at radius 2 is 2.05 bits per heavy atom. The van der Waals surface area contributed by atoms with Gasteiger partial charge in [0.15, 0.2) is 5.82 Å². The zero-order chi connectivity index (χ0) is 15.5. The highest BCUT2D eigenvalue weighted by Gasteiger charge is 2.26. The summed E-state index contributed by atoms with van der Waals surface area (Å²) in [5.41, 5.74) is 1.46. The van der Waals surface area contributed by atoms with Crippen LogP contribution in [-0.2, 0) is 0 Å². The quantitative estimate of drug-likeness (QED) is 0.926. The molecule has 2 heterocycles. The Bertz CT molecular complexity index is 689. The molecule has 1 aliphatic heterocycles. The maximum atomic E-state index is 12.6. The first-order valence-corrected chi connectivity index (χ1v) is 7.08. The third-order valence-electron chi connectivity index (χ3n) is 3.67. The summed E-state index contributed by atoms with van der Waals surface area (Å²) in [6.07, 6.45) is 1.73. The van der Waals surface area contributed by atoms with Crippen LogP contribution in [0, 0.1) is 0 Å². The van der Waals surface area contributed by atoms with Crippen molar-refractivity contribution in [3.63, 3.8) is 0 Å². The highest BCUT2D eigenvalue weighted by molar-refractivity contribution is 6.04. The molecule has 114 valence electrons. The van der Waals surface area contributed by atoms with E-state index in [4.69, 9.17) is 4.74 Å². The topological polar surface area (TPSA) is 57.7 Å². The number of amides is 2. The standard InChI is InChI=1S/C16H18N4O2/c1-19-10-11-20(13-7-5-9-17-15(13)19)16(21)18-12-6-3-4-8-14(12)22-2/h3-9H,10-11H2,1-2H3,(H,18,21). The van der Waals surface area contributed by atoms with Crippen molar-refractivity contribution >= 4 is 23.2 Å². The number of methoxy groups -OCH3 is 1. The first-order valence-electron chi connectivity index (χ1n) is 7.08. The largest absolute Gasteiger partial charge is 0.495 e. The van der Waals surface area contributed by atoms with Gasteiger partial charge in [-0.05, 0) is 24.3 Å². The molecule has 0 radical (unpaired) electrons. The molecule has 0 spiro atoms. The normalized spacial score (nSPS) is 13.5. The molecule has 0 atom stereocenters. The Morgan fingerprint density at radius 1 is 1.23 bits per heavy atom. The van der Waals surface area contributed by atoms with Gasteiger partial charge in [0.05, 0.1) is 18.5 Å². The number of fused-ring (bicyclic) bond motifs is 1. The van der Waals surface area contributed by atoms with Crippen molar-refractivity contribution in [1.82, 2.24) is 4.98 Å². The van der Waals surface area contributed by atoms with Crippen LogP contribution in [0.15, 0.2) is 42.6 Å². The molecule has 1 N–H and O–H groups in total. The average Bonchev–Trinajstić information content (AvgIpc) is 2.56. The lowest BCUT2D eigenvalue weighted by atomic mass is 10.2. The van der Waals surface area contributed by atoms with Crippen LogP contribution in [0.5, 0.6) is 5.75 Å². The molecule has 6 heteroatoms. The second kappa shape index (κ2) is 5.93. The van der Waals surface area contributed by atoms with Crippen LogP contribution in [0.2, 0.25) is 0 Å². The van der Waals surface area contributed by atoms with Crippen LogP contribution in [0.25, 0.3) is 0 Å². The van der Waals surface area contributed by atoms with Gasteiger partial charge in [-0.3, -0.25) is 4.90 Å². The lowest BCUT2D eigenvalue weighted by Crippen LogP contribution is -2.45. The number of urea groups is 1. The number of pyridine rings is 1. The zero-order valence-electron chi connectivity index (χ0n) is 12.6. The van der Waals surface area contributed by atoms with Gasteiger partial charge in [-0.2, -0.15) is 0 Å². The van der Waals surface area contributed by atoms with Crippen molar-refractivity contribution in [3.05, 3.63) is 42.6 Å². The number of anilines is 3. The third kappa shape index (κ3) is 2.55. The van der Waals surface area contributed by atoms with Crippen molar-refractivity contribution < 1.29 is 9.53 Å². The molecule has 0 unspecified atom stereocenters. The second-order valence-electron chi connectivity index (χ2n) is 5.05. The van der Waals surface area contributed by atoms with Gasteiger partial charge in [0.1, 0.15) is 5.75 Å². The number of rotatable bonds is 2. The molecule has 0 fully saturated rings. The predicted octanol–water partition coefficient (Wildman–Crippen LogP) is 2.58.